The van der Waals surface area contributed by atoms with Gasteiger partial charge in [0.15, 0.2) is 0 Å². The van der Waals surface area contributed by atoms with Crippen molar-refractivity contribution in [2.75, 3.05) is 13.2 Å². The zero-order valence-corrected chi connectivity index (χ0v) is 8.79. The molecule has 1 aromatic carbocycles. The lowest BCUT2D eigenvalue weighted by molar-refractivity contribution is 0.141. The third kappa shape index (κ3) is 2.45. The lowest BCUT2D eigenvalue weighted by Crippen LogP contribution is -2.15. The molecule has 2 rings (SSSR count). The Bertz CT molecular complexity index is 282. The summed E-state index contributed by atoms with van der Waals surface area (Å²) < 4.78 is 12.0. The lowest BCUT2D eigenvalue weighted by Gasteiger charge is -2.11. The third-order valence-electron chi connectivity index (χ3n) is 1.99. The van der Waals surface area contributed by atoms with Gasteiger partial charge in [0.1, 0.15) is 11.9 Å². The van der Waals surface area contributed by atoms with Crippen LogP contribution in [0.2, 0.25) is 0 Å². The largest absolute Gasteiger partial charge is 0.488 e. The smallest absolute Gasteiger partial charge is 0.124 e. The van der Waals surface area contributed by atoms with Gasteiger partial charge in [0.2, 0.25) is 0 Å². The Hall–Kier alpha value is -0.540. The molecular formula is C10H11BrO2. The normalized spacial score (nSPS) is 21.8. The van der Waals surface area contributed by atoms with Gasteiger partial charge in [-0.15, -0.1) is 0 Å². The predicted molar refractivity (Wildman–Crippen MR) is 54.0 cm³/mol. The SMILES string of the molecule is Brc1cccc(OC2CCOC2)c1. The molecule has 3 heteroatoms. The summed E-state index contributed by atoms with van der Waals surface area (Å²) in [6.07, 6.45) is 1.22. The van der Waals surface area contributed by atoms with E-state index in [9.17, 15) is 0 Å². The maximum Gasteiger partial charge on any atom is 0.124 e. The highest BCUT2D eigenvalue weighted by molar-refractivity contribution is 9.10. The van der Waals surface area contributed by atoms with Crippen LogP contribution in [0.3, 0.4) is 0 Å². The van der Waals surface area contributed by atoms with Crippen LogP contribution in [0, 0.1) is 0 Å². The van der Waals surface area contributed by atoms with E-state index in [-0.39, 0.29) is 6.10 Å². The molecule has 1 fully saturated rings. The first-order valence-electron chi connectivity index (χ1n) is 4.34. The maximum atomic E-state index is 5.70. The van der Waals surface area contributed by atoms with Gasteiger partial charge in [-0.2, -0.15) is 0 Å². The van der Waals surface area contributed by atoms with E-state index < -0.39 is 0 Å². The fourth-order valence-corrected chi connectivity index (χ4v) is 1.72. The Morgan fingerprint density at radius 3 is 3.08 bits per heavy atom. The second kappa shape index (κ2) is 4.11. The summed E-state index contributed by atoms with van der Waals surface area (Å²) in [6, 6.07) is 7.88. The van der Waals surface area contributed by atoms with Crippen molar-refractivity contribution in [3.63, 3.8) is 0 Å². The minimum Gasteiger partial charge on any atom is -0.488 e. The number of rotatable bonds is 2. The molecule has 0 aromatic heterocycles. The van der Waals surface area contributed by atoms with Crippen LogP contribution < -0.4 is 4.74 Å². The maximum absolute atomic E-state index is 5.70. The molecule has 1 aromatic rings. The first-order chi connectivity index (χ1) is 6.34. The zero-order chi connectivity index (χ0) is 9.10. The molecule has 2 nitrogen and oxygen atoms in total. The van der Waals surface area contributed by atoms with Crippen LogP contribution in [0.5, 0.6) is 5.75 Å². The topological polar surface area (TPSA) is 18.5 Å². The van der Waals surface area contributed by atoms with Crippen LogP contribution in [-0.2, 0) is 4.74 Å². The van der Waals surface area contributed by atoms with Crippen LogP contribution in [-0.4, -0.2) is 19.3 Å². The summed E-state index contributed by atoms with van der Waals surface area (Å²) in [5.74, 6) is 0.907. The Morgan fingerprint density at radius 2 is 2.38 bits per heavy atom. The molecule has 1 aliphatic rings. The standard InChI is InChI=1S/C10H11BrO2/c11-8-2-1-3-9(6-8)13-10-4-5-12-7-10/h1-3,6,10H,4-5,7H2. The number of hydrogen-bond acceptors (Lipinski definition) is 2. The van der Waals surface area contributed by atoms with Crippen LogP contribution in [0.25, 0.3) is 0 Å². The summed E-state index contributed by atoms with van der Waals surface area (Å²) in [4.78, 5) is 0. The van der Waals surface area contributed by atoms with Gasteiger partial charge >= 0.3 is 0 Å². The van der Waals surface area contributed by atoms with E-state index in [4.69, 9.17) is 9.47 Å². The summed E-state index contributed by atoms with van der Waals surface area (Å²) in [5.41, 5.74) is 0. The number of hydrogen-bond donors (Lipinski definition) is 0. The summed E-state index contributed by atoms with van der Waals surface area (Å²) in [5, 5.41) is 0. The van der Waals surface area contributed by atoms with E-state index in [1.54, 1.807) is 0 Å². The summed E-state index contributed by atoms with van der Waals surface area (Å²) in [6.45, 7) is 1.53. The fraction of sp³-hybridized carbons (Fsp3) is 0.400. The lowest BCUT2D eigenvalue weighted by atomic mass is 10.3. The molecule has 1 saturated heterocycles. The van der Waals surface area contributed by atoms with E-state index in [1.807, 2.05) is 24.3 Å². The molecule has 1 aliphatic heterocycles. The van der Waals surface area contributed by atoms with Gasteiger partial charge in [0.05, 0.1) is 13.2 Å². The summed E-state index contributed by atoms with van der Waals surface area (Å²) in [7, 11) is 0. The molecule has 0 radical (unpaired) electrons. The van der Waals surface area contributed by atoms with Crippen molar-refractivity contribution < 1.29 is 9.47 Å². The Kier molecular flexibility index (Phi) is 2.86. The molecule has 0 spiro atoms. The van der Waals surface area contributed by atoms with Gasteiger partial charge < -0.3 is 9.47 Å². The van der Waals surface area contributed by atoms with Crippen LogP contribution in [0.4, 0.5) is 0 Å². The minimum atomic E-state index is 0.231. The van der Waals surface area contributed by atoms with Gasteiger partial charge in [-0.25, -0.2) is 0 Å². The van der Waals surface area contributed by atoms with E-state index in [2.05, 4.69) is 15.9 Å². The highest BCUT2D eigenvalue weighted by Gasteiger charge is 2.16. The molecule has 1 atom stereocenters. The Labute approximate surface area is 86.0 Å². The average molecular weight is 243 g/mol. The second-order valence-electron chi connectivity index (χ2n) is 3.06. The van der Waals surface area contributed by atoms with Crippen molar-refractivity contribution in [2.24, 2.45) is 0 Å². The van der Waals surface area contributed by atoms with Crippen molar-refractivity contribution in [2.45, 2.75) is 12.5 Å². The molecule has 0 amide bonds. The van der Waals surface area contributed by atoms with E-state index in [1.165, 1.54) is 0 Å². The average Bonchev–Trinajstić information content (AvgIpc) is 2.57. The van der Waals surface area contributed by atoms with Crippen molar-refractivity contribution in [1.29, 1.82) is 0 Å². The van der Waals surface area contributed by atoms with Crippen molar-refractivity contribution in [3.05, 3.63) is 28.7 Å². The molecule has 1 unspecified atom stereocenters. The monoisotopic (exact) mass is 242 g/mol. The Morgan fingerprint density at radius 1 is 1.46 bits per heavy atom. The molecule has 13 heavy (non-hydrogen) atoms. The molecule has 70 valence electrons. The van der Waals surface area contributed by atoms with Crippen LogP contribution >= 0.6 is 15.9 Å². The number of halogens is 1. The van der Waals surface area contributed by atoms with Crippen molar-refractivity contribution in [1.82, 2.24) is 0 Å². The van der Waals surface area contributed by atoms with Gasteiger partial charge in [-0.3, -0.25) is 0 Å². The molecule has 0 saturated carbocycles. The third-order valence-corrected chi connectivity index (χ3v) is 2.48. The molecule has 1 heterocycles. The second-order valence-corrected chi connectivity index (χ2v) is 3.98. The van der Waals surface area contributed by atoms with Gasteiger partial charge in [-0.1, -0.05) is 22.0 Å². The van der Waals surface area contributed by atoms with E-state index >= 15 is 0 Å². The molecule has 0 N–H and O–H groups in total. The van der Waals surface area contributed by atoms with Gasteiger partial charge in [-0.05, 0) is 18.2 Å². The number of ether oxygens (including phenoxy) is 2. The van der Waals surface area contributed by atoms with Gasteiger partial charge in [0, 0.05) is 10.9 Å². The Balaban J connectivity index is 2.00. The van der Waals surface area contributed by atoms with Crippen LogP contribution in [0.1, 0.15) is 6.42 Å². The first kappa shape index (κ1) is 9.03. The highest BCUT2D eigenvalue weighted by Crippen LogP contribution is 2.20. The predicted octanol–water partition coefficient (Wildman–Crippen LogP) is 2.62. The highest BCUT2D eigenvalue weighted by atomic mass is 79.9. The molecule has 0 aliphatic carbocycles. The summed E-state index contributed by atoms with van der Waals surface area (Å²) >= 11 is 3.40. The first-order valence-corrected chi connectivity index (χ1v) is 5.14. The minimum absolute atomic E-state index is 0.231. The zero-order valence-electron chi connectivity index (χ0n) is 7.20. The quantitative estimate of drug-likeness (QED) is 0.794. The number of benzene rings is 1. The fourth-order valence-electron chi connectivity index (χ4n) is 1.34. The molecule has 0 bridgehead atoms. The molecular weight excluding hydrogens is 232 g/mol. The van der Waals surface area contributed by atoms with Crippen molar-refractivity contribution in [3.8, 4) is 5.75 Å². The van der Waals surface area contributed by atoms with Crippen LogP contribution in [0.15, 0.2) is 28.7 Å². The van der Waals surface area contributed by atoms with Crippen molar-refractivity contribution >= 4 is 15.9 Å². The van der Waals surface area contributed by atoms with E-state index in [0.29, 0.717) is 6.61 Å². The van der Waals surface area contributed by atoms with E-state index in [0.717, 1.165) is 23.2 Å². The van der Waals surface area contributed by atoms with Gasteiger partial charge in [0.25, 0.3) is 0 Å².